The van der Waals surface area contributed by atoms with E-state index in [0.717, 1.165) is 43.6 Å². The summed E-state index contributed by atoms with van der Waals surface area (Å²) in [4.78, 5) is 2.79. The second-order valence-corrected chi connectivity index (χ2v) is 9.93. The number of benzene rings is 2. The summed E-state index contributed by atoms with van der Waals surface area (Å²) in [7, 11) is -3.62. The van der Waals surface area contributed by atoms with Crippen LogP contribution in [0.5, 0.6) is 0 Å². The van der Waals surface area contributed by atoms with Crippen LogP contribution in [0.2, 0.25) is 0 Å². The van der Waals surface area contributed by atoms with Gasteiger partial charge in [0.2, 0.25) is 10.0 Å². The van der Waals surface area contributed by atoms with Crippen molar-refractivity contribution in [3.05, 3.63) is 54.1 Å². The molecule has 0 amide bonds. The van der Waals surface area contributed by atoms with E-state index in [-0.39, 0.29) is 10.9 Å². The van der Waals surface area contributed by atoms with Gasteiger partial charge in [0, 0.05) is 24.7 Å². The van der Waals surface area contributed by atoms with Gasteiger partial charge >= 0.3 is 0 Å². The maximum Gasteiger partial charge on any atom is 0.243 e. The number of hydrogen-bond donors (Lipinski definition) is 1. The van der Waals surface area contributed by atoms with E-state index in [9.17, 15) is 8.42 Å². The number of nitrogens with zero attached hydrogens (tertiary/aromatic N) is 3. The molecular weight excluding hydrogens is 392 g/mol. The molecule has 3 heterocycles. The minimum Gasteiger partial charge on any atom is -0.293 e. The minimum atomic E-state index is -3.62. The summed E-state index contributed by atoms with van der Waals surface area (Å²) >= 11 is 1.04. The summed E-state index contributed by atoms with van der Waals surface area (Å²) in [5.41, 5.74) is 2.41. The van der Waals surface area contributed by atoms with Gasteiger partial charge in [0.1, 0.15) is 16.3 Å². The van der Waals surface area contributed by atoms with Crippen LogP contribution in [0.4, 0.5) is 11.4 Å². The fourth-order valence-corrected chi connectivity index (χ4v) is 6.73. The molecule has 2 bridgehead atoms. The molecule has 5 rings (SSSR count). The zero-order chi connectivity index (χ0) is 19.1. The summed E-state index contributed by atoms with van der Waals surface area (Å²) < 4.78 is 37.4. The highest BCUT2D eigenvalue weighted by Crippen LogP contribution is 2.39. The monoisotopic (exact) mass is 414 g/mol. The first-order valence-corrected chi connectivity index (χ1v) is 11.8. The van der Waals surface area contributed by atoms with Crippen LogP contribution >= 0.6 is 0 Å². The van der Waals surface area contributed by atoms with Crippen molar-refractivity contribution in [3.63, 3.8) is 0 Å². The smallest absolute Gasteiger partial charge is 0.243 e. The van der Waals surface area contributed by atoms with E-state index in [1.54, 1.807) is 18.2 Å². The van der Waals surface area contributed by atoms with Gasteiger partial charge in [0.05, 0.1) is 11.4 Å². The Morgan fingerprint density at radius 1 is 1.00 bits per heavy atom. The Balaban J connectivity index is 1.31. The Morgan fingerprint density at radius 2 is 1.75 bits per heavy atom. The van der Waals surface area contributed by atoms with Crippen molar-refractivity contribution in [3.8, 4) is 0 Å². The summed E-state index contributed by atoms with van der Waals surface area (Å²) in [6.07, 6.45) is 3.99. The van der Waals surface area contributed by atoms with Crippen molar-refractivity contribution in [2.75, 3.05) is 0 Å². The number of hydrogen-bond acceptors (Lipinski definition) is 5. The van der Waals surface area contributed by atoms with Crippen LogP contribution in [0.3, 0.4) is 0 Å². The molecule has 2 fully saturated rings. The Kier molecular flexibility index (Phi) is 4.66. The van der Waals surface area contributed by atoms with Crippen LogP contribution in [-0.2, 0) is 27.9 Å². The van der Waals surface area contributed by atoms with E-state index in [4.69, 9.17) is 0 Å². The van der Waals surface area contributed by atoms with Crippen LogP contribution < -0.4 is 4.72 Å². The van der Waals surface area contributed by atoms with E-state index in [0.29, 0.717) is 23.5 Å². The van der Waals surface area contributed by atoms with Gasteiger partial charge in [0.25, 0.3) is 0 Å². The first-order chi connectivity index (χ1) is 13.6. The molecule has 2 aromatic rings. The van der Waals surface area contributed by atoms with E-state index >= 15 is 0 Å². The molecule has 1 N–H and O–H groups in total. The largest absolute Gasteiger partial charge is 0.293 e. The van der Waals surface area contributed by atoms with Crippen molar-refractivity contribution in [2.24, 2.45) is 8.73 Å². The lowest BCUT2D eigenvalue weighted by Gasteiger charge is -2.39. The molecule has 0 radical (unpaired) electrons. The van der Waals surface area contributed by atoms with Gasteiger partial charge in [-0.1, -0.05) is 36.4 Å². The molecule has 28 heavy (non-hydrogen) atoms. The Labute approximate surface area is 168 Å². The van der Waals surface area contributed by atoms with E-state index in [2.05, 4.69) is 42.6 Å². The first kappa shape index (κ1) is 18.2. The number of piperidine rings is 1. The average molecular weight is 415 g/mol. The van der Waals surface area contributed by atoms with Gasteiger partial charge in [-0.25, -0.2) is 13.1 Å². The molecule has 0 spiro atoms. The highest BCUT2D eigenvalue weighted by atomic mass is 32.2. The Bertz CT molecular complexity index is 1050. The van der Waals surface area contributed by atoms with Gasteiger partial charge in [-0.05, 0) is 43.4 Å². The molecule has 146 valence electrons. The molecule has 3 aliphatic rings. The molecule has 0 saturated carbocycles. The number of sulfonamides is 1. The van der Waals surface area contributed by atoms with E-state index < -0.39 is 10.0 Å². The summed E-state index contributed by atoms with van der Waals surface area (Å²) in [6.45, 7) is 0.944. The number of rotatable bonds is 5. The zero-order valence-electron chi connectivity index (χ0n) is 15.4. The summed E-state index contributed by atoms with van der Waals surface area (Å²) in [5, 5.41) is 0. The highest BCUT2D eigenvalue weighted by Gasteiger charge is 2.42. The third-order valence-electron chi connectivity index (χ3n) is 5.95. The molecule has 2 saturated heterocycles. The molecule has 3 aliphatic heterocycles. The molecule has 0 aromatic heterocycles. The summed E-state index contributed by atoms with van der Waals surface area (Å²) in [6, 6.07) is 16.5. The van der Waals surface area contributed by atoms with Crippen molar-refractivity contribution in [1.29, 1.82) is 0 Å². The second kappa shape index (κ2) is 7.18. The maximum atomic E-state index is 13.0. The molecule has 2 unspecified atom stereocenters. The molecular formula is C20H22N4O2S2. The minimum absolute atomic E-state index is 0.0311. The van der Waals surface area contributed by atoms with Crippen molar-refractivity contribution in [2.45, 2.75) is 55.2 Å². The van der Waals surface area contributed by atoms with Crippen molar-refractivity contribution in [1.82, 2.24) is 9.62 Å². The lowest BCUT2D eigenvalue weighted by Crippen LogP contribution is -2.49. The average Bonchev–Trinajstić information content (AvgIpc) is 3.24. The lowest BCUT2D eigenvalue weighted by atomic mass is 9.97. The predicted molar refractivity (Wildman–Crippen MR) is 110 cm³/mol. The molecule has 2 atom stereocenters. The normalized spacial score (nSPS) is 26.2. The van der Waals surface area contributed by atoms with Crippen LogP contribution in [-0.4, -0.2) is 31.4 Å². The molecule has 0 aliphatic carbocycles. The molecule has 2 aromatic carbocycles. The van der Waals surface area contributed by atoms with Gasteiger partial charge in [-0.15, -0.1) is 0 Å². The zero-order valence-corrected chi connectivity index (χ0v) is 17.0. The first-order valence-electron chi connectivity index (χ1n) is 9.63. The van der Waals surface area contributed by atoms with Gasteiger partial charge in [-0.3, -0.25) is 4.90 Å². The summed E-state index contributed by atoms with van der Waals surface area (Å²) in [5.74, 6) is 0. The topological polar surface area (TPSA) is 74.1 Å². The van der Waals surface area contributed by atoms with Gasteiger partial charge in [0.15, 0.2) is 0 Å². The fourth-order valence-electron chi connectivity index (χ4n) is 4.70. The maximum absolute atomic E-state index is 13.0. The van der Waals surface area contributed by atoms with Crippen LogP contribution in [0.15, 0.2) is 62.2 Å². The third-order valence-corrected chi connectivity index (χ3v) is 8.05. The Hall–Kier alpha value is -1.87. The number of nitrogens with one attached hydrogen (secondary N) is 1. The van der Waals surface area contributed by atoms with Crippen LogP contribution in [0, 0.1) is 0 Å². The number of fused-ring (bicyclic) bond motifs is 3. The van der Waals surface area contributed by atoms with Gasteiger partial charge in [-0.2, -0.15) is 8.73 Å². The molecule has 6 nitrogen and oxygen atoms in total. The van der Waals surface area contributed by atoms with E-state index in [1.165, 1.54) is 5.56 Å². The lowest BCUT2D eigenvalue weighted by molar-refractivity contribution is 0.115. The van der Waals surface area contributed by atoms with Crippen LogP contribution in [0.1, 0.15) is 31.2 Å². The Morgan fingerprint density at radius 3 is 2.50 bits per heavy atom. The van der Waals surface area contributed by atoms with Crippen LogP contribution in [0.25, 0.3) is 0 Å². The van der Waals surface area contributed by atoms with Crippen molar-refractivity contribution >= 4 is 32.8 Å². The highest BCUT2D eigenvalue weighted by molar-refractivity contribution is 7.89. The second-order valence-electron chi connectivity index (χ2n) is 7.72. The standard InChI is InChI=1S/C20H22N4O2S2/c25-28(26,19-8-4-7-18-20(19)22-27-21-18)23-15-11-16-9-10-17(12-15)24(16)13-14-5-2-1-3-6-14/h1-8,15-17,23H,9-13H2. The van der Waals surface area contributed by atoms with Crippen molar-refractivity contribution < 1.29 is 8.42 Å². The SMILES string of the molecule is O=S(=O)(NC1CC2CCC(C1)N2Cc1ccccc1)c1cccc2c1N=S=N2. The third kappa shape index (κ3) is 3.34. The quantitative estimate of drug-likeness (QED) is 0.688. The predicted octanol–water partition coefficient (Wildman–Crippen LogP) is 3.89. The van der Waals surface area contributed by atoms with Gasteiger partial charge < -0.3 is 0 Å². The molecule has 8 heteroatoms. The van der Waals surface area contributed by atoms with E-state index in [1.807, 2.05) is 6.07 Å². The fraction of sp³-hybridized carbons (Fsp3) is 0.400.